The summed E-state index contributed by atoms with van der Waals surface area (Å²) in [5, 5.41) is 1.71. The van der Waals surface area contributed by atoms with E-state index in [0.29, 0.717) is 5.75 Å². The van der Waals surface area contributed by atoms with E-state index in [1.807, 2.05) is 0 Å². The molecule has 1 N–H and O–H groups in total. The standard InChI is InChI=1S/C14H16F3NO4/c1-8(19)11-5-4-10(21-3)6-12(11)22-9(2)13(20)18-7-14(15,16)17/h4-6,9H,7H2,1-3H3,(H,18,20). The SMILES string of the molecule is COc1ccc(C(C)=O)c(OC(C)C(=O)NCC(F)(F)F)c1. The molecular weight excluding hydrogens is 303 g/mol. The van der Waals surface area contributed by atoms with Gasteiger partial charge in [0.2, 0.25) is 0 Å². The first-order chi connectivity index (χ1) is 10.1. The molecule has 0 bridgehead atoms. The second-order valence-electron chi connectivity index (χ2n) is 4.51. The van der Waals surface area contributed by atoms with E-state index in [4.69, 9.17) is 9.47 Å². The zero-order valence-corrected chi connectivity index (χ0v) is 12.3. The summed E-state index contributed by atoms with van der Waals surface area (Å²) >= 11 is 0. The fourth-order valence-electron chi connectivity index (χ4n) is 1.59. The molecule has 0 heterocycles. The lowest BCUT2D eigenvalue weighted by atomic mass is 10.1. The van der Waals surface area contributed by atoms with Crippen molar-refractivity contribution < 1.29 is 32.2 Å². The van der Waals surface area contributed by atoms with Crippen LogP contribution in [0.1, 0.15) is 24.2 Å². The molecule has 0 aliphatic carbocycles. The van der Waals surface area contributed by atoms with Gasteiger partial charge in [-0.3, -0.25) is 9.59 Å². The van der Waals surface area contributed by atoms with Crippen molar-refractivity contribution in [3.8, 4) is 11.5 Å². The molecule has 0 spiro atoms. The quantitative estimate of drug-likeness (QED) is 0.818. The number of benzene rings is 1. The number of nitrogens with one attached hydrogen (secondary N) is 1. The molecule has 1 amide bonds. The minimum absolute atomic E-state index is 0.0708. The molecule has 22 heavy (non-hydrogen) atoms. The van der Waals surface area contributed by atoms with Gasteiger partial charge in [-0.25, -0.2) is 0 Å². The van der Waals surface area contributed by atoms with Crippen molar-refractivity contribution in [3.05, 3.63) is 23.8 Å². The lowest BCUT2D eigenvalue weighted by Crippen LogP contribution is -2.41. The van der Waals surface area contributed by atoms with Crippen molar-refractivity contribution in [3.63, 3.8) is 0 Å². The summed E-state index contributed by atoms with van der Waals surface area (Å²) < 4.78 is 46.5. The molecule has 0 radical (unpaired) electrons. The Morgan fingerprint density at radius 3 is 2.45 bits per heavy atom. The third-order valence-electron chi connectivity index (χ3n) is 2.70. The predicted molar refractivity (Wildman–Crippen MR) is 72.2 cm³/mol. The number of hydrogen-bond donors (Lipinski definition) is 1. The highest BCUT2D eigenvalue weighted by atomic mass is 19.4. The van der Waals surface area contributed by atoms with Crippen LogP contribution in [0.2, 0.25) is 0 Å². The Morgan fingerprint density at radius 2 is 1.95 bits per heavy atom. The summed E-state index contributed by atoms with van der Waals surface area (Å²) in [6.07, 6.45) is -5.71. The number of ether oxygens (including phenoxy) is 2. The third kappa shape index (κ3) is 5.27. The Bertz CT molecular complexity index is 558. The van der Waals surface area contributed by atoms with Gasteiger partial charge in [0.15, 0.2) is 11.9 Å². The highest BCUT2D eigenvalue weighted by Crippen LogP contribution is 2.26. The molecule has 1 rings (SSSR count). The summed E-state index contributed by atoms with van der Waals surface area (Å²) in [6, 6.07) is 4.39. The molecule has 122 valence electrons. The van der Waals surface area contributed by atoms with E-state index in [1.165, 1.54) is 39.2 Å². The van der Waals surface area contributed by atoms with Gasteiger partial charge in [0.1, 0.15) is 18.0 Å². The summed E-state index contributed by atoms with van der Waals surface area (Å²) in [4.78, 5) is 23.1. The highest BCUT2D eigenvalue weighted by Gasteiger charge is 2.29. The maximum absolute atomic E-state index is 12.1. The van der Waals surface area contributed by atoms with Crippen LogP contribution in [0.4, 0.5) is 13.2 Å². The van der Waals surface area contributed by atoms with Crippen LogP contribution >= 0.6 is 0 Å². The second kappa shape index (κ2) is 7.15. The van der Waals surface area contributed by atoms with Crippen molar-refractivity contribution >= 4 is 11.7 Å². The fourth-order valence-corrected chi connectivity index (χ4v) is 1.59. The van der Waals surface area contributed by atoms with Gasteiger partial charge in [0, 0.05) is 6.07 Å². The topological polar surface area (TPSA) is 64.6 Å². The van der Waals surface area contributed by atoms with Crippen molar-refractivity contribution in [1.29, 1.82) is 0 Å². The van der Waals surface area contributed by atoms with Crippen LogP contribution in [0.5, 0.6) is 11.5 Å². The summed E-state index contributed by atoms with van der Waals surface area (Å²) in [5.41, 5.74) is 0.205. The van der Waals surface area contributed by atoms with Crippen LogP contribution in [0.15, 0.2) is 18.2 Å². The number of halogens is 3. The van der Waals surface area contributed by atoms with Gasteiger partial charge < -0.3 is 14.8 Å². The average Bonchev–Trinajstić information content (AvgIpc) is 2.43. The molecule has 0 saturated carbocycles. The Kier molecular flexibility index (Phi) is 5.78. The Labute approximate surface area is 125 Å². The van der Waals surface area contributed by atoms with Gasteiger partial charge in [-0.15, -0.1) is 0 Å². The summed E-state index contributed by atoms with van der Waals surface area (Å²) in [7, 11) is 1.41. The number of Topliss-reactive ketones (excluding diaryl/α,β-unsaturated/α-hetero) is 1. The maximum Gasteiger partial charge on any atom is 0.405 e. The molecule has 1 aromatic carbocycles. The molecule has 0 aliphatic rings. The lowest BCUT2D eigenvalue weighted by Gasteiger charge is -2.17. The van der Waals surface area contributed by atoms with Crippen LogP contribution in [0.25, 0.3) is 0 Å². The lowest BCUT2D eigenvalue weighted by molar-refractivity contribution is -0.142. The largest absolute Gasteiger partial charge is 0.497 e. The van der Waals surface area contributed by atoms with Crippen LogP contribution in [-0.2, 0) is 4.79 Å². The van der Waals surface area contributed by atoms with E-state index in [2.05, 4.69) is 0 Å². The van der Waals surface area contributed by atoms with Crippen LogP contribution in [-0.4, -0.2) is 37.6 Å². The minimum Gasteiger partial charge on any atom is -0.497 e. The van der Waals surface area contributed by atoms with E-state index < -0.39 is 24.7 Å². The fraction of sp³-hybridized carbons (Fsp3) is 0.429. The number of carbonyl (C=O) groups excluding carboxylic acids is 2. The molecule has 1 aromatic rings. The van der Waals surface area contributed by atoms with E-state index in [-0.39, 0.29) is 17.1 Å². The molecule has 1 unspecified atom stereocenters. The zero-order chi connectivity index (χ0) is 16.9. The Balaban J connectivity index is 2.84. The first-order valence-electron chi connectivity index (χ1n) is 6.34. The number of amides is 1. The van der Waals surface area contributed by atoms with Crippen molar-refractivity contribution in [2.45, 2.75) is 26.1 Å². The Morgan fingerprint density at radius 1 is 1.32 bits per heavy atom. The van der Waals surface area contributed by atoms with Crippen LogP contribution < -0.4 is 14.8 Å². The normalized spacial score (nSPS) is 12.5. The second-order valence-corrected chi connectivity index (χ2v) is 4.51. The molecule has 0 saturated heterocycles. The number of ketones is 1. The number of methoxy groups -OCH3 is 1. The van der Waals surface area contributed by atoms with Gasteiger partial charge in [-0.2, -0.15) is 13.2 Å². The number of hydrogen-bond acceptors (Lipinski definition) is 4. The summed E-state index contributed by atoms with van der Waals surface area (Å²) in [6.45, 7) is 1.15. The molecule has 5 nitrogen and oxygen atoms in total. The maximum atomic E-state index is 12.1. The highest BCUT2D eigenvalue weighted by molar-refractivity contribution is 5.97. The molecule has 0 aromatic heterocycles. The van der Waals surface area contributed by atoms with Gasteiger partial charge in [-0.1, -0.05) is 0 Å². The van der Waals surface area contributed by atoms with Crippen LogP contribution in [0.3, 0.4) is 0 Å². The molecule has 0 aliphatic heterocycles. The van der Waals surface area contributed by atoms with E-state index in [9.17, 15) is 22.8 Å². The first kappa shape index (κ1) is 17.8. The van der Waals surface area contributed by atoms with Gasteiger partial charge in [-0.05, 0) is 26.0 Å². The monoisotopic (exact) mass is 319 g/mol. The van der Waals surface area contributed by atoms with Crippen LogP contribution in [0, 0.1) is 0 Å². The van der Waals surface area contributed by atoms with Gasteiger partial charge >= 0.3 is 6.18 Å². The predicted octanol–water partition coefficient (Wildman–Crippen LogP) is 2.34. The van der Waals surface area contributed by atoms with Gasteiger partial charge in [0.05, 0.1) is 12.7 Å². The smallest absolute Gasteiger partial charge is 0.405 e. The van der Waals surface area contributed by atoms with Crippen molar-refractivity contribution in [2.75, 3.05) is 13.7 Å². The van der Waals surface area contributed by atoms with E-state index in [0.717, 1.165) is 0 Å². The average molecular weight is 319 g/mol. The number of rotatable bonds is 6. The number of carbonyl (C=O) groups is 2. The zero-order valence-electron chi connectivity index (χ0n) is 12.3. The molecule has 1 atom stereocenters. The molecular formula is C14H16F3NO4. The minimum atomic E-state index is -4.50. The summed E-state index contributed by atoms with van der Waals surface area (Å²) in [5.74, 6) is -0.778. The van der Waals surface area contributed by atoms with Crippen molar-refractivity contribution in [2.24, 2.45) is 0 Å². The molecule has 8 heteroatoms. The van der Waals surface area contributed by atoms with Gasteiger partial charge in [0.25, 0.3) is 5.91 Å². The number of alkyl halides is 3. The van der Waals surface area contributed by atoms with E-state index >= 15 is 0 Å². The first-order valence-corrected chi connectivity index (χ1v) is 6.34. The van der Waals surface area contributed by atoms with E-state index in [1.54, 1.807) is 5.32 Å². The Hall–Kier alpha value is -2.25. The third-order valence-corrected chi connectivity index (χ3v) is 2.70. The molecule has 0 fully saturated rings. The van der Waals surface area contributed by atoms with Crippen molar-refractivity contribution in [1.82, 2.24) is 5.32 Å².